The first kappa shape index (κ1) is 16.8. The lowest BCUT2D eigenvalue weighted by atomic mass is 10.2. The molecule has 0 aliphatic carbocycles. The Morgan fingerprint density at radius 2 is 1.95 bits per heavy atom. The zero-order chi connectivity index (χ0) is 16.1. The third kappa shape index (κ3) is 3.78. The minimum Gasteiger partial charge on any atom is -0.325 e. The molecule has 2 rings (SSSR count). The Balaban J connectivity index is 2.08. The second kappa shape index (κ2) is 7.60. The molecule has 0 bridgehead atoms. The van der Waals surface area contributed by atoms with Crippen LogP contribution in [0.2, 0.25) is 0 Å². The lowest BCUT2D eigenvalue weighted by molar-refractivity contribution is -0.384. The van der Waals surface area contributed by atoms with Crippen molar-refractivity contribution in [3.8, 4) is 0 Å². The van der Waals surface area contributed by atoms with Gasteiger partial charge in [-0.1, -0.05) is 13.8 Å². The summed E-state index contributed by atoms with van der Waals surface area (Å²) in [5.74, 6) is 0.611. The number of nitro groups is 1. The first-order valence-corrected chi connectivity index (χ1v) is 8.49. The molecule has 120 valence electrons. The molecule has 1 atom stereocenters. The molecule has 0 saturated carbocycles. The smallest absolute Gasteiger partial charge is 0.269 e. The minimum absolute atomic E-state index is 0.0381. The predicted molar refractivity (Wildman–Crippen MR) is 87.8 cm³/mol. The lowest BCUT2D eigenvalue weighted by Gasteiger charge is -2.27. The van der Waals surface area contributed by atoms with Gasteiger partial charge in [-0.05, 0) is 30.8 Å². The van der Waals surface area contributed by atoms with Crippen molar-refractivity contribution < 1.29 is 9.72 Å². The van der Waals surface area contributed by atoms with Crippen molar-refractivity contribution in [2.45, 2.75) is 19.2 Å². The van der Waals surface area contributed by atoms with E-state index in [1.54, 1.807) is 23.9 Å². The van der Waals surface area contributed by atoms with Crippen LogP contribution in [0.25, 0.3) is 0 Å². The van der Waals surface area contributed by atoms with Gasteiger partial charge in [0.1, 0.15) is 5.37 Å². The molecular formula is C15H21N3O3S. The van der Waals surface area contributed by atoms with E-state index >= 15 is 0 Å². The molecule has 0 spiro atoms. The van der Waals surface area contributed by atoms with Crippen LogP contribution in [-0.4, -0.2) is 52.6 Å². The summed E-state index contributed by atoms with van der Waals surface area (Å²) in [6, 6.07) is 6.50. The molecule has 1 aromatic rings. The lowest BCUT2D eigenvalue weighted by Crippen LogP contribution is -2.37. The highest BCUT2D eigenvalue weighted by Gasteiger charge is 2.32. The van der Waals surface area contributed by atoms with Crippen molar-refractivity contribution in [2.75, 3.05) is 31.9 Å². The molecule has 1 saturated heterocycles. The molecule has 1 aliphatic heterocycles. The van der Waals surface area contributed by atoms with Crippen molar-refractivity contribution in [2.24, 2.45) is 0 Å². The number of hydrogen-bond acceptors (Lipinski definition) is 5. The zero-order valence-corrected chi connectivity index (χ0v) is 13.7. The van der Waals surface area contributed by atoms with Gasteiger partial charge in [0.25, 0.3) is 5.69 Å². The normalized spacial score (nSPS) is 18.2. The fourth-order valence-corrected chi connectivity index (χ4v) is 3.74. The van der Waals surface area contributed by atoms with Gasteiger partial charge < -0.3 is 9.80 Å². The van der Waals surface area contributed by atoms with Crippen molar-refractivity contribution in [3.05, 3.63) is 39.9 Å². The molecule has 0 aromatic heterocycles. The maximum Gasteiger partial charge on any atom is 0.269 e. The number of nitrogens with zero attached hydrogens (tertiary/aromatic N) is 3. The Morgan fingerprint density at radius 1 is 1.32 bits per heavy atom. The number of rotatable bonds is 7. The molecule has 1 fully saturated rings. The quantitative estimate of drug-likeness (QED) is 0.570. The van der Waals surface area contributed by atoms with Crippen LogP contribution in [0.3, 0.4) is 0 Å². The molecule has 1 aromatic carbocycles. The Kier molecular flexibility index (Phi) is 5.79. The van der Waals surface area contributed by atoms with E-state index in [-0.39, 0.29) is 17.0 Å². The summed E-state index contributed by atoms with van der Waals surface area (Å²) in [6.45, 7) is 7.69. The van der Waals surface area contributed by atoms with Gasteiger partial charge in [-0.2, -0.15) is 0 Å². The third-order valence-corrected chi connectivity index (χ3v) is 5.16. The van der Waals surface area contributed by atoms with Crippen LogP contribution in [-0.2, 0) is 4.79 Å². The van der Waals surface area contributed by atoms with Crippen LogP contribution >= 0.6 is 11.8 Å². The van der Waals surface area contributed by atoms with E-state index in [2.05, 4.69) is 18.7 Å². The van der Waals surface area contributed by atoms with Crippen LogP contribution in [0.15, 0.2) is 24.3 Å². The molecule has 6 nitrogen and oxygen atoms in total. The summed E-state index contributed by atoms with van der Waals surface area (Å²) in [5.41, 5.74) is 1.02. The Labute approximate surface area is 134 Å². The zero-order valence-electron chi connectivity index (χ0n) is 12.9. The van der Waals surface area contributed by atoms with Crippen molar-refractivity contribution >= 4 is 23.4 Å². The highest BCUT2D eigenvalue weighted by atomic mass is 32.2. The number of carbonyl (C=O) groups excluding carboxylic acids is 1. The molecular weight excluding hydrogens is 302 g/mol. The fourth-order valence-electron chi connectivity index (χ4n) is 2.52. The van der Waals surface area contributed by atoms with Gasteiger partial charge in [0.15, 0.2) is 0 Å². The maximum atomic E-state index is 12.1. The van der Waals surface area contributed by atoms with Crippen LogP contribution in [0.4, 0.5) is 5.69 Å². The maximum absolute atomic E-state index is 12.1. The molecule has 7 heteroatoms. The number of non-ortho nitro benzene ring substituents is 1. The van der Waals surface area contributed by atoms with E-state index in [1.807, 2.05) is 4.90 Å². The third-order valence-electron chi connectivity index (χ3n) is 3.91. The molecule has 22 heavy (non-hydrogen) atoms. The number of carbonyl (C=O) groups is 1. The van der Waals surface area contributed by atoms with Gasteiger partial charge in [-0.15, -0.1) is 11.8 Å². The van der Waals surface area contributed by atoms with E-state index < -0.39 is 4.92 Å². The van der Waals surface area contributed by atoms with Crippen LogP contribution < -0.4 is 0 Å². The SMILES string of the molecule is CCN(CC)CCN1C(=O)CSC1c1ccc([N+](=O)[O-])cc1. The molecule has 1 aliphatic rings. The molecule has 1 unspecified atom stereocenters. The Bertz CT molecular complexity index is 531. The Hall–Kier alpha value is -1.60. The number of likely N-dealkylation sites (N-methyl/N-ethyl adjacent to an activating group) is 1. The average molecular weight is 323 g/mol. The number of hydrogen-bond donors (Lipinski definition) is 0. The van der Waals surface area contributed by atoms with E-state index in [0.29, 0.717) is 12.3 Å². The monoisotopic (exact) mass is 323 g/mol. The highest BCUT2D eigenvalue weighted by Crippen LogP contribution is 2.38. The largest absolute Gasteiger partial charge is 0.325 e. The standard InChI is InChI=1S/C15H21N3O3S/c1-3-16(4-2)9-10-17-14(19)11-22-15(17)12-5-7-13(8-6-12)18(20)21/h5-8,15H,3-4,9-11H2,1-2H3. The van der Waals surface area contributed by atoms with E-state index in [0.717, 1.165) is 25.2 Å². The Morgan fingerprint density at radius 3 is 2.50 bits per heavy atom. The minimum atomic E-state index is -0.408. The molecule has 1 amide bonds. The number of amides is 1. The summed E-state index contributed by atoms with van der Waals surface area (Å²) < 4.78 is 0. The van der Waals surface area contributed by atoms with Crippen LogP contribution in [0.1, 0.15) is 24.8 Å². The van der Waals surface area contributed by atoms with Crippen LogP contribution in [0.5, 0.6) is 0 Å². The fraction of sp³-hybridized carbons (Fsp3) is 0.533. The van der Waals surface area contributed by atoms with Crippen molar-refractivity contribution in [1.29, 1.82) is 0 Å². The second-order valence-electron chi connectivity index (χ2n) is 5.13. The molecule has 0 radical (unpaired) electrons. The molecule has 1 heterocycles. The number of benzene rings is 1. The van der Waals surface area contributed by atoms with Crippen LogP contribution in [0, 0.1) is 10.1 Å². The first-order chi connectivity index (χ1) is 10.6. The summed E-state index contributed by atoms with van der Waals surface area (Å²) >= 11 is 1.58. The first-order valence-electron chi connectivity index (χ1n) is 7.44. The van der Waals surface area contributed by atoms with E-state index in [1.165, 1.54) is 12.1 Å². The summed E-state index contributed by atoms with van der Waals surface area (Å²) in [5, 5.41) is 10.7. The van der Waals surface area contributed by atoms with E-state index in [4.69, 9.17) is 0 Å². The second-order valence-corrected chi connectivity index (χ2v) is 6.19. The van der Waals surface area contributed by atoms with Gasteiger partial charge >= 0.3 is 0 Å². The van der Waals surface area contributed by atoms with Crippen molar-refractivity contribution in [3.63, 3.8) is 0 Å². The highest BCUT2D eigenvalue weighted by molar-refractivity contribution is 8.00. The average Bonchev–Trinajstić information content (AvgIpc) is 2.89. The molecule has 0 N–H and O–H groups in total. The summed E-state index contributed by atoms with van der Waals surface area (Å²) in [6.07, 6.45) is 0. The van der Waals surface area contributed by atoms with Gasteiger partial charge in [-0.25, -0.2) is 0 Å². The van der Waals surface area contributed by atoms with Gasteiger partial charge in [0.05, 0.1) is 10.7 Å². The van der Waals surface area contributed by atoms with E-state index in [9.17, 15) is 14.9 Å². The summed E-state index contributed by atoms with van der Waals surface area (Å²) in [4.78, 5) is 26.6. The predicted octanol–water partition coefficient (Wildman–Crippen LogP) is 2.51. The topological polar surface area (TPSA) is 66.7 Å². The number of nitro benzene ring substituents is 1. The van der Waals surface area contributed by atoms with Gasteiger partial charge in [0.2, 0.25) is 5.91 Å². The van der Waals surface area contributed by atoms with Crippen molar-refractivity contribution in [1.82, 2.24) is 9.80 Å². The van der Waals surface area contributed by atoms with Gasteiger partial charge in [0, 0.05) is 25.2 Å². The van der Waals surface area contributed by atoms with Gasteiger partial charge in [-0.3, -0.25) is 14.9 Å². The summed E-state index contributed by atoms with van der Waals surface area (Å²) in [7, 11) is 0. The number of thioether (sulfide) groups is 1.